The molecule has 7 nitrogen and oxygen atoms in total. The van der Waals surface area contributed by atoms with E-state index >= 15 is 0 Å². The van der Waals surface area contributed by atoms with Crippen LogP contribution in [-0.2, 0) is 22.8 Å². The lowest BCUT2D eigenvalue weighted by molar-refractivity contribution is -0.137. The van der Waals surface area contributed by atoms with Crippen LogP contribution in [0.3, 0.4) is 0 Å². The van der Waals surface area contributed by atoms with Gasteiger partial charge in [-0.3, -0.25) is 4.31 Å². The second-order valence-corrected chi connectivity index (χ2v) is 9.04. The van der Waals surface area contributed by atoms with Crippen LogP contribution in [0.15, 0.2) is 70.4 Å². The van der Waals surface area contributed by atoms with Crippen LogP contribution in [0.4, 0.5) is 18.9 Å². The van der Waals surface area contributed by atoms with Crippen LogP contribution in [0.25, 0.3) is 0 Å². The molecule has 33 heavy (non-hydrogen) atoms. The number of nitrogens with zero attached hydrogens (tertiary/aromatic N) is 1. The first-order valence-corrected chi connectivity index (χ1v) is 11.1. The van der Waals surface area contributed by atoms with Crippen LogP contribution in [0.2, 0.25) is 0 Å². The lowest BCUT2D eigenvalue weighted by Crippen LogP contribution is -2.37. The van der Waals surface area contributed by atoms with Crippen molar-refractivity contribution in [1.82, 2.24) is 0 Å². The molecule has 0 amide bonds. The summed E-state index contributed by atoms with van der Waals surface area (Å²) in [6, 6.07) is 10.0. The molecular formula is C22H20F3NO6S. The summed E-state index contributed by atoms with van der Waals surface area (Å²) in [7, 11) is -4.34. The van der Waals surface area contributed by atoms with E-state index in [2.05, 4.69) is 0 Å². The molecule has 1 N–H and O–H groups in total. The van der Waals surface area contributed by atoms with E-state index in [-0.39, 0.29) is 23.6 Å². The standard InChI is InChI=1S/C22H20F3NO6S/c1-14(2)26(33(29,30)20-4-3-11-31-20)18-12-17(22(23,24)25)9-10-19(18)32-13-15-5-7-16(8-6-15)21(27)28/h3-12,14H,13H2,1-2H3,(H,27,28). The van der Waals surface area contributed by atoms with E-state index in [9.17, 15) is 26.4 Å². The van der Waals surface area contributed by atoms with Crippen molar-refractivity contribution in [3.05, 3.63) is 77.6 Å². The molecule has 2 aromatic carbocycles. The molecule has 0 aliphatic carbocycles. The molecule has 0 fully saturated rings. The molecule has 3 aromatic rings. The molecule has 0 spiro atoms. The molecule has 3 rings (SSSR count). The minimum atomic E-state index is -4.71. The number of hydrogen-bond acceptors (Lipinski definition) is 5. The molecule has 176 valence electrons. The van der Waals surface area contributed by atoms with E-state index in [0.29, 0.717) is 11.6 Å². The van der Waals surface area contributed by atoms with Gasteiger partial charge in [0, 0.05) is 6.04 Å². The fourth-order valence-corrected chi connectivity index (χ4v) is 4.66. The summed E-state index contributed by atoms with van der Waals surface area (Å²) in [6.07, 6.45) is -3.56. The first-order valence-electron chi connectivity index (χ1n) is 9.65. The average molecular weight is 483 g/mol. The van der Waals surface area contributed by atoms with Gasteiger partial charge in [0.1, 0.15) is 12.4 Å². The van der Waals surface area contributed by atoms with Gasteiger partial charge in [0.05, 0.1) is 23.1 Å². The lowest BCUT2D eigenvalue weighted by Gasteiger charge is -2.29. The van der Waals surface area contributed by atoms with Gasteiger partial charge in [-0.1, -0.05) is 12.1 Å². The minimum Gasteiger partial charge on any atom is -0.487 e. The number of carbonyl (C=O) groups is 1. The Morgan fingerprint density at radius 2 is 1.79 bits per heavy atom. The van der Waals surface area contributed by atoms with Crippen molar-refractivity contribution < 1.29 is 40.6 Å². The summed E-state index contributed by atoms with van der Waals surface area (Å²) in [4.78, 5) is 11.0. The van der Waals surface area contributed by atoms with Gasteiger partial charge in [-0.15, -0.1) is 0 Å². The molecule has 0 saturated heterocycles. The number of carboxylic acids is 1. The molecule has 0 radical (unpaired) electrons. The number of anilines is 1. The maximum Gasteiger partial charge on any atom is 0.416 e. The smallest absolute Gasteiger partial charge is 0.416 e. The van der Waals surface area contributed by atoms with E-state index in [0.717, 1.165) is 22.7 Å². The summed E-state index contributed by atoms with van der Waals surface area (Å²) in [5, 5.41) is 8.56. The molecular weight excluding hydrogens is 463 g/mol. The Morgan fingerprint density at radius 3 is 2.30 bits per heavy atom. The van der Waals surface area contributed by atoms with E-state index in [1.807, 2.05) is 0 Å². The van der Waals surface area contributed by atoms with E-state index in [1.165, 1.54) is 50.2 Å². The second-order valence-electron chi connectivity index (χ2n) is 7.30. The summed E-state index contributed by atoms with van der Waals surface area (Å²) in [5.74, 6) is -1.21. The van der Waals surface area contributed by atoms with Crippen molar-refractivity contribution in [2.45, 2.75) is 37.8 Å². The van der Waals surface area contributed by atoms with Crippen LogP contribution < -0.4 is 9.04 Å². The number of hydrogen-bond donors (Lipinski definition) is 1. The van der Waals surface area contributed by atoms with Gasteiger partial charge in [-0.05, 0) is 61.9 Å². The normalized spacial score (nSPS) is 12.1. The molecule has 1 aromatic heterocycles. The number of sulfonamides is 1. The topological polar surface area (TPSA) is 97.0 Å². The van der Waals surface area contributed by atoms with Gasteiger partial charge in [-0.25, -0.2) is 4.79 Å². The predicted molar refractivity (Wildman–Crippen MR) is 113 cm³/mol. The fraction of sp³-hybridized carbons (Fsp3) is 0.227. The maximum absolute atomic E-state index is 13.4. The van der Waals surface area contributed by atoms with E-state index < -0.39 is 38.9 Å². The Bertz CT molecular complexity index is 1220. The molecule has 0 aliphatic heterocycles. The third kappa shape index (κ3) is 5.30. The van der Waals surface area contributed by atoms with Crippen molar-refractivity contribution in [3.63, 3.8) is 0 Å². The highest BCUT2D eigenvalue weighted by Gasteiger charge is 2.36. The number of benzene rings is 2. The van der Waals surface area contributed by atoms with Crippen LogP contribution in [0.1, 0.15) is 35.3 Å². The highest BCUT2D eigenvalue weighted by Crippen LogP contribution is 2.40. The second kappa shape index (κ2) is 9.18. The largest absolute Gasteiger partial charge is 0.487 e. The maximum atomic E-state index is 13.4. The summed E-state index contributed by atoms with van der Waals surface area (Å²) < 4.78 is 78.1. The van der Waals surface area contributed by atoms with Crippen LogP contribution in [-0.4, -0.2) is 25.5 Å². The first kappa shape index (κ1) is 24.2. The monoisotopic (exact) mass is 483 g/mol. The zero-order chi connectivity index (χ0) is 24.4. The molecule has 0 aliphatic rings. The number of furan rings is 1. The van der Waals surface area contributed by atoms with Crippen molar-refractivity contribution >= 4 is 21.7 Å². The van der Waals surface area contributed by atoms with Gasteiger partial charge in [0.25, 0.3) is 10.0 Å². The predicted octanol–water partition coefficient (Wildman–Crippen LogP) is 5.18. The molecule has 11 heteroatoms. The Morgan fingerprint density at radius 1 is 1.12 bits per heavy atom. The molecule has 0 saturated carbocycles. The van der Waals surface area contributed by atoms with Gasteiger partial charge in [-0.2, -0.15) is 21.6 Å². The van der Waals surface area contributed by atoms with Crippen LogP contribution in [0, 0.1) is 0 Å². The Labute approximate surface area is 188 Å². The van der Waals surface area contributed by atoms with Crippen molar-refractivity contribution in [3.8, 4) is 5.75 Å². The number of aromatic carboxylic acids is 1. The number of carboxylic acid groups (broad SMARTS) is 1. The summed E-state index contributed by atoms with van der Waals surface area (Å²) >= 11 is 0. The number of ether oxygens (including phenoxy) is 1. The van der Waals surface area contributed by atoms with Gasteiger partial charge < -0.3 is 14.3 Å². The third-order valence-corrected chi connectivity index (χ3v) is 6.47. The number of rotatable bonds is 8. The average Bonchev–Trinajstić information content (AvgIpc) is 3.28. The molecule has 0 atom stereocenters. The number of alkyl halides is 3. The van der Waals surface area contributed by atoms with Crippen molar-refractivity contribution in [2.24, 2.45) is 0 Å². The van der Waals surface area contributed by atoms with Crippen molar-refractivity contribution in [1.29, 1.82) is 0 Å². The quantitative estimate of drug-likeness (QED) is 0.474. The molecule has 0 unspecified atom stereocenters. The third-order valence-electron chi connectivity index (χ3n) is 4.60. The van der Waals surface area contributed by atoms with Crippen LogP contribution >= 0.6 is 0 Å². The van der Waals surface area contributed by atoms with Crippen LogP contribution in [0.5, 0.6) is 5.75 Å². The summed E-state index contributed by atoms with van der Waals surface area (Å²) in [5.41, 5.74) is -0.755. The van der Waals surface area contributed by atoms with Gasteiger partial charge in [0.2, 0.25) is 5.09 Å². The minimum absolute atomic E-state index is 0.0597. The Hall–Kier alpha value is -3.47. The highest BCUT2D eigenvalue weighted by molar-refractivity contribution is 7.92. The SMILES string of the molecule is CC(C)N(c1cc(C(F)(F)F)ccc1OCc1ccc(C(=O)O)cc1)S(=O)(=O)c1ccco1. The first-order chi connectivity index (χ1) is 15.4. The fourth-order valence-electron chi connectivity index (χ4n) is 3.09. The Balaban J connectivity index is 2.04. The van der Waals surface area contributed by atoms with Gasteiger partial charge >= 0.3 is 12.1 Å². The molecule has 1 heterocycles. The van der Waals surface area contributed by atoms with Crippen molar-refractivity contribution in [2.75, 3.05) is 4.31 Å². The summed E-state index contributed by atoms with van der Waals surface area (Å²) in [6.45, 7) is 2.88. The lowest BCUT2D eigenvalue weighted by atomic mass is 10.1. The van der Waals surface area contributed by atoms with E-state index in [1.54, 1.807) is 0 Å². The van der Waals surface area contributed by atoms with E-state index in [4.69, 9.17) is 14.3 Å². The van der Waals surface area contributed by atoms with Gasteiger partial charge in [0.15, 0.2) is 0 Å². The zero-order valence-corrected chi connectivity index (χ0v) is 18.4. The highest BCUT2D eigenvalue weighted by atomic mass is 32.2. The molecule has 0 bridgehead atoms. The number of halogens is 3. The zero-order valence-electron chi connectivity index (χ0n) is 17.5. The Kier molecular flexibility index (Phi) is 6.73.